The highest BCUT2D eigenvalue weighted by Gasteiger charge is 2.78. The molecule has 2 fully saturated rings. The minimum absolute atomic E-state index is 0.00667. The normalized spacial score (nSPS) is 42.4. The SMILES string of the molecule is CC[C@H]1[C@](C)(c2oc(OC)c(C)c(=O)c2C)[C@H]2[C@]1(C)[C@@H]1OO[C@@]2(C)C=C1C. The largest absolute Gasteiger partial charge is 0.468 e. The average Bonchev–Trinajstić information content (AvgIpc) is 2.58. The molecule has 0 amide bonds. The summed E-state index contributed by atoms with van der Waals surface area (Å²) in [6.07, 6.45) is 3.09. The third kappa shape index (κ3) is 1.94. The second kappa shape index (κ2) is 5.48. The summed E-state index contributed by atoms with van der Waals surface area (Å²) in [4.78, 5) is 24.6. The van der Waals surface area contributed by atoms with E-state index in [9.17, 15) is 4.79 Å². The fraction of sp³-hybridized carbons (Fsp3) is 0.682. The Labute approximate surface area is 160 Å². The van der Waals surface area contributed by atoms with Crippen molar-refractivity contribution in [2.24, 2.45) is 17.3 Å². The molecule has 2 bridgehead atoms. The van der Waals surface area contributed by atoms with E-state index >= 15 is 0 Å². The highest BCUT2D eigenvalue weighted by Crippen LogP contribution is 2.75. The number of methoxy groups -OCH3 is 1. The van der Waals surface area contributed by atoms with Crippen LogP contribution >= 0.6 is 0 Å². The van der Waals surface area contributed by atoms with Gasteiger partial charge in [-0.05, 0) is 45.3 Å². The van der Waals surface area contributed by atoms with Crippen molar-refractivity contribution in [1.82, 2.24) is 0 Å². The van der Waals surface area contributed by atoms with Crippen molar-refractivity contribution in [3.8, 4) is 5.95 Å². The molecular weight excluding hydrogens is 344 g/mol. The summed E-state index contributed by atoms with van der Waals surface area (Å²) in [6, 6.07) is 0. The van der Waals surface area contributed by atoms with Crippen molar-refractivity contribution < 1.29 is 18.9 Å². The molecule has 2 aliphatic carbocycles. The lowest BCUT2D eigenvalue weighted by atomic mass is 9.32. The Balaban J connectivity index is 1.97. The lowest BCUT2D eigenvalue weighted by Crippen LogP contribution is -2.79. The smallest absolute Gasteiger partial charge is 0.291 e. The van der Waals surface area contributed by atoms with Gasteiger partial charge in [-0.3, -0.25) is 4.79 Å². The van der Waals surface area contributed by atoms with E-state index in [0.29, 0.717) is 23.0 Å². The van der Waals surface area contributed by atoms with Gasteiger partial charge in [0.25, 0.3) is 5.95 Å². The molecule has 2 aliphatic heterocycles. The van der Waals surface area contributed by atoms with Crippen molar-refractivity contribution >= 4 is 0 Å². The molecule has 1 saturated carbocycles. The highest BCUT2D eigenvalue weighted by atomic mass is 17.2. The van der Waals surface area contributed by atoms with Crippen LogP contribution in [0.3, 0.4) is 0 Å². The molecule has 5 rings (SSSR count). The molecule has 1 aromatic rings. The number of fused-ring (bicyclic) bond motifs is 1. The van der Waals surface area contributed by atoms with Gasteiger partial charge in [-0.25, -0.2) is 9.78 Å². The van der Waals surface area contributed by atoms with Gasteiger partial charge in [0.1, 0.15) is 17.5 Å². The third-order valence-corrected chi connectivity index (χ3v) is 7.69. The molecular formula is C22H30O5. The Bertz CT molecular complexity index is 899. The van der Waals surface area contributed by atoms with Gasteiger partial charge in [0.05, 0.1) is 12.7 Å². The van der Waals surface area contributed by atoms with Crippen LogP contribution in [0.25, 0.3) is 0 Å². The Morgan fingerprint density at radius 1 is 1.15 bits per heavy atom. The Morgan fingerprint density at radius 2 is 1.81 bits per heavy atom. The van der Waals surface area contributed by atoms with Gasteiger partial charge in [-0.1, -0.05) is 27.2 Å². The first kappa shape index (κ1) is 18.8. The number of hydrogen-bond acceptors (Lipinski definition) is 5. The number of hydrogen-bond donors (Lipinski definition) is 0. The van der Waals surface area contributed by atoms with Crippen molar-refractivity contribution in [3.63, 3.8) is 0 Å². The van der Waals surface area contributed by atoms with Crippen LogP contribution in [0.4, 0.5) is 0 Å². The molecule has 1 aromatic heterocycles. The van der Waals surface area contributed by atoms with Crippen LogP contribution in [0, 0.1) is 31.1 Å². The Morgan fingerprint density at radius 3 is 2.37 bits per heavy atom. The molecule has 4 aliphatic rings. The molecule has 0 unspecified atom stereocenters. The van der Waals surface area contributed by atoms with Crippen LogP contribution < -0.4 is 10.2 Å². The summed E-state index contributed by atoms with van der Waals surface area (Å²) in [6.45, 7) is 14.5. The van der Waals surface area contributed by atoms with Crippen molar-refractivity contribution in [2.45, 2.75) is 72.0 Å². The van der Waals surface area contributed by atoms with Crippen LogP contribution in [0.1, 0.15) is 57.9 Å². The van der Waals surface area contributed by atoms with E-state index in [1.807, 2.05) is 6.92 Å². The molecule has 6 atom stereocenters. The maximum atomic E-state index is 12.9. The predicted octanol–water partition coefficient (Wildman–Crippen LogP) is 4.23. The molecule has 0 aromatic carbocycles. The van der Waals surface area contributed by atoms with Gasteiger partial charge in [0.15, 0.2) is 5.43 Å². The van der Waals surface area contributed by atoms with Gasteiger partial charge in [-0.2, -0.15) is 0 Å². The zero-order valence-electron chi connectivity index (χ0n) is 17.6. The molecule has 0 spiro atoms. The molecule has 27 heavy (non-hydrogen) atoms. The molecule has 148 valence electrons. The van der Waals surface area contributed by atoms with Gasteiger partial charge in [-0.15, -0.1) is 0 Å². The van der Waals surface area contributed by atoms with E-state index < -0.39 is 5.60 Å². The van der Waals surface area contributed by atoms with Gasteiger partial charge >= 0.3 is 0 Å². The van der Waals surface area contributed by atoms with Gasteiger partial charge in [0, 0.05) is 22.3 Å². The zero-order chi connectivity index (χ0) is 19.9. The van der Waals surface area contributed by atoms with E-state index in [2.05, 4.69) is 40.7 Å². The van der Waals surface area contributed by atoms with E-state index in [4.69, 9.17) is 18.9 Å². The summed E-state index contributed by atoms with van der Waals surface area (Å²) in [5.41, 5.74) is 1.43. The highest BCUT2D eigenvalue weighted by molar-refractivity contribution is 5.44. The summed E-state index contributed by atoms with van der Waals surface area (Å²) in [7, 11) is 1.54. The average molecular weight is 374 g/mol. The first-order valence-corrected chi connectivity index (χ1v) is 9.79. The molecule has 3 heterocycles. The van der Waals surface area contributed by atoms with Crippen LogP contribution in [0.5, 0.6) is 5.95 Å². The maximum absolute atomic E-state index is 12.9. The van der Waals surface area contributed by atoms with E-state index in [1.54, 1.807) is 14.0 Å². The molecule has 0 N–H and O–H groups in total. The number of rotatable bonds is 3. The van der Waals surface area contributed by atoms with Crippen molar-refractivity contribution in [1.29, 1.82) is 0 Å². The Kier molecular flexibility index (Phi) is 3.81. The van der Waals surface area contributed by atoms with Crippen LogP contribution in [0.2, 0.25) is 0 Å². The van der Waals surface area contributed by atoms with Crippen molar-refractivity contribution in [3.05, 3.63) is 38.8 Å². The van der Waals surface area contributed by atoms with Gasteiger partial charge < -0.3 is 9.15 Å². The van der Waals surface area contributed by atoms with Crippen LogP contribution in [-0.2, 0) is 15.2 Å². The standard InChI is InChI=1S/C22H30O5/c1-9-14-21(6)16-11(2)10-20(5,27-26-16)19(21)22(14,7)17-12(3)15(23)13(4)18(24-8)25-17/h10,14,16,19H,9H2,1-8H3/t14-,16-,19-,20+,21+,22-/m1/s1. The lowest BCUT2D eigenvalue weighted by Gasteiger charge is -2.75. The fourth-order valence-corrected chi connectivity index (χ4v) is 7.24. The number of ether oxygens (including phenoxy) is 1. The lowest BCUT2D eigenvalue weighted by molar-refractivity contribution is -0.478. The first-order valence-electron chi connectivity index (χ1n) is 9.79. The quantitative estimate of drug-likeness (QED) is 0.585. The third-order valence-electron chi connectivity index (χ3n) is 7.69. The maximum Gasteiger partial charge on any atom is 0.291 e. The summed E-state index contributed by atoms with van der Waals surface area (Å²) >= 11 is 0. The molecule has 1 saturated heterocycles. The van der Waals surface area contributed by atoms with E-state index in [-0.39, 0.29) is 28.3 Å². The Hall–Kier alpha value is -1.59. The molecule has 5 nitrogen and oxygen atoms in total. The van der Waals surface area contributed by atoms with Crippen molar-refractivity contribution in [2.75, 3.05) is 7.11 Å². The first-order chi connectivity index (χ1) is 12.6. The minimum atomic E-state index is -0.558. The predicted molar refractivity (Wildman–Crippen MR) is 102 cm³/mol. The van der Waals surface area contributed by atoms with Crippen LogP contribution in [0.15, 0.2) is 20.9 Å². The second-order valence-corrected chi connectivity index (χ2v) is 9.18. The summed E-state index contributed by atoms with van der Waals surface area (Å²) in [5, 5.41) is 0. The summed E-state index contributed by atoms with van der Waals surface area (Å²) < 4.78 is 11.6. The molecule has 5 heteroatoms. The molecule has 0 radical (unpaired) electrons. The fourth-order valence-electron chi connectivity index (χ4n) is 7.24. The summed E-state index contributed by atoms with van der Waals surface area (Å²) in [5.74, 6) is 1.47. The topological polar surface area (TPSA) is 57.9 Å². The van der Waals surface area contributed by atoms with Gasteiger partial charge in [0.2, 0.25) is 0 Å². The second-order valence-electron chi connectivity index (χ2n) is 9.18. The minimum Gasteiger partial charge on any atom is -0.468 e. The van der Waals surface area contributed by atoms with E-state index in [1.165, 1.54) is 5.57 Å². The monoisotopic (exact) mass is 374 g/mol. The van der Waals surface area contributed by atoms with E-state index in [0.717, 1.165) is 12.2 Å². The van der Waals surface area contributed by atoms with Crippen LogP contribution in [-0.4, -0.2) is 18.8 Å². The zero-order valence-corrected chi connectivity index (χ0v) is 17.6.